The van der Waals surface area contributed by atoms with Gasteiger partial charge in [0.05, 0.1) is 5.92 Å². The van der Waals surface area contributed by atoms with Gasteiger partial charge in [-0.2, -0.15) is 4.98 Å². The molecule has 0 amide bonds. The molecule has 2 atom stereocenters. The Kier molecular flexibility index (Phi) is 5.76. The van der Waals surface area contributed by atoms with E-state index < -0.39 is 0 Å². The zero-order valence-electron chi connectivity index (χ0n) is 12.8. The van der Waals surface area contributed by atoms with Crippen molar-refractivity contribution in [1.29, 1.82) is 0 Å². The Morgan fingerprint density at radius 1 is 1.33 bits per heavy atom. The molecule has 0 radical (unpaired) electrons. The first kappa shape index (κ1) is 16.0. The fraction of sp³-hybridized carbons (Fsp3) is 0.500. The van der Waals surface area contributed by atoms with Gasteiger partial charge in [-0.15, -0.1) is 0 Å². The Morgan fingerprint density at radius 3 is 2.81 bits per heavy atom. The Hall–Kier alpha value is -1.39. The summed E-state index contributed by atoms with van der Waals surface area (Å²) in [6.07, 6.45) is 1.66. The van der Waals surface area contributed by atoms with E-state index in [1.54, 1.807) is 0 Å². The van der Waals surface area contributed by atoms with Gasteiger partial charge in [0.15, 0.2) is 5.82 Å². The van der Waals surface area contributed by atoms with Gasteiger partial charge in [-0.1, -0.05) is 49.7 Å². The van der Waals surface area contributed by atoms with Crippen molar-refractivity contribution < 1.29 is 4.52 Å². The normalized spacial score (nSPS) is 14.1. The highest BCUT2D eigenvalue weighted by atomic mass is 35.5. The fourth-order valence-corrected chi connectivity index (χ4v) is 2.68. The van der Waals surface area contributed by atoms with E-state index in [0.717, 1.165) is 23.6 Å². The highest BCUT2D eigenvalue weighted by Crippen LogP contribution is 2.20. The molecule has 5 heteroatoms. The molecule has 0 saturated carbocycles. The monoisotopic (exact) mass is 307 g/mol. The summed E-state index contributed by atoms with van der Waals surface area (Å²) in [4.78, 5) is 4.53. The summed E-state index contributed by atoms with van der Waals surface area (Å²) in [5, 5.41) is 8.26. The maximum Gasteiger partial charge on any atom is 0.231 e. The molecule has 0 aliphatic heterocycles. The first-order valence-electron chi connectivity index (χ1n) is 7.44. The van der Waals surface area contributed by atoms with Crippen molar-refractivity contribution in [3.8, 4) is 0 Å². The lowest BCUT2D eigenvalue weighted by atomic mass is 9.99. The van der Waals surface area contributed by atoms with Gasteiger partial charge < -0.3 is 9.84 Å². The van der Waals surface area contributed by atoms with Crippen LogP contribution in [0, 0.1) is 0 Å². The minimum atomic E-state index is 0.204. The average molecular weight is 308 g/mol. The second-order valence-electron chi connectivity index (χ2n) is 5.22. The maximum absolute atomic E-state index is 5.99. The van der Waals surface area contributed by atoms with Crippen molar-refractivity contribution in [3.63, 3.8) is 0 Å². The second-order valence-corrected chi connectivity index (χ2v) is 5.65. The average Bonchev–Trinajstić information content (AvgIpc) is 2.92. The molecule has 2 rings (SSSR count). The third kappa shape index (κ3) is 4.29. The Morgan fingerprint density at radius 2 is 2.14 bits per heavy atom. The number of hydrogen-bond donors (Lipinski definition) is 1. The summed E-state index contributed by atoms with van der Waals surface area (Å²) in [7, 11) is 0. The Labute approximate surface area is 130 Å². The number of nitrogens with one attached hydrogen (secondary N) is 1. The van der Waals surface area contributed by atoms with Crippen LogP contribution in [0.2, 0.25) is 5.02 Å². The lowest BCUT2D eigenvalue weighted by molar-refractivity contribution is 0.319. The predicted molar refractivity (Wildman–Crippen MR) is 84.7 cm³/mol. The van der Waals surface area contributed by atoms with Gasteiger partial charge in [0.2, 0.25) is 5.89 Å². The van der Waals surface area contributed by atoms with Gasteiger partial charge in [0.25, 0.3) is 0 Å². The Balaban J connectivity index is 2.07. The van der Waals surface area contributed by atoms with E-state index in [1.807, 2.05) is 24.3 Å². The highest BCUT2D eigenvalue weighted by Gasteiger charge is 2.22. The molecule has 114 valence electrons. The van der Waals surface area contributed by atoms with E-state index in [9.17, 15) is 0 Å². The van der Waals surface area contributed by atoms with E-state index >= 15 is 0 Å². The van der Waals surface area contributed by atoms with Crippen LogP contribution in [0.1, 0.15) is 50.4 Å². The van der Waals surface area contributed by atoms with Crippen molar-refractivity contribution in [2.75, 3.05) is 6.54 Å². The highest BCUT2D eigenvalue weighted by molar-refractivity contribution is 6.30. The molecule has 1 heterocycles. The van der Waals surface area contributed by atoms with Crippen LogP contribution in [0.3, 0.4) is 0 Å². The van der Waals surface area contributed by atoms with Crippen LogP contribution in [0.15, 0.2) is 28.8 Å². The predicted octanol–water partition coefficient (Wildman–Crippen LogP) is 3.81. The van der Waals surface area contributed by atoms with Crippen LogP contribution >= 0.6 is 11.6 Å². The molecule has 0 aliphatic carbocycles. The second kappa shape index (κ2) is 7.57. The molecule has 21 heavy (non-hydrogen) atoms. The number of benzene rings is 1. The standard InChI is InChI=1S/C16H22ClN3O/c1-4-14(18-5-2)11(3)16-19-15(20-21-16)10-12-7-6-8-13(17)9-12/h6-9,11,14,18H,4-5,10H2,1-3H3. The van der Waals surface area contributed by atoms with E-state index in [-0.39, 0.29) is 5.92 Å². The molecule has 0 aliphatic rings. The van der Waals surface area contributed by atoms with Crippen molar-refractivity contribution in [2.45, 2.75) is 45.6 Å². The molecule has 2 aromatic rings. The largest absolute Gasteiger partial charge is 0.339 e. The number of hydrogen-bond acceptors (Lipinski definition) is 4. The molecular weight excluding hydrogens is 286 g/mol. The van der Waals surface area contributed by atoms with E-state index in [2.05, 4.69) is 36.2 Å². The fourth-order valence-electron chi connectivity index (χ4n) is 2.46. The van der Waals surface area contributed by atoms with E-state index in [0.29, 0.717) is 24.2 Å². The van der Waals surface area contributed by atoms with Crippen LogP contribution in [0.4, 0.5) is 0 Å². The third-order valence-electron chi connectivity index (χ3n) is 3.63. The molecule has 1 N–H and O–H groups in total. The van der Waals surface area contributed by atoms with Crippen LogP contribution in [0.5, 0.6) is 0 Å². The summed E-state index contributed by atoms with van der Waals surface area (Å²) < 4.78 is 5.42. The van der Waals surface area contributed by atoms with Gasteiger partial charge >= 0.3 is 0 Å². The zero-order chi connectivity index (χ0) is 15.2. The van der Waals surface area contributed by atoms with Gasteiger partial charge in [-0.25, -0.2) is 0 Å². The van der Waals surface area contributed by atoms with Gasteiger partial charge in [0.1, 0.15) is 0 Å². The van der Waals surface area contributed by atoms with E-state index in [1.165, 1.54) is 0 Å². The van der Waals surface area contributed by atoms with Crippen molar-refractivity contribution in [2.24, 2.45) is 0 Å². The van der Waals surface area contributed by atoms with Crippen molar-refractivity contribution in [1.82, 2.24) is 15.5 Å². The first-order chi connectivity index (χ1) is 10.1. The van der Waals surface area contributed by atoms with Crippen LogP contribution in [-0.4, -0.2) is 22.7 Å². The molecule has 0 bridgehead atoms. The van der Waals surface area contributed by atoms with Gasteiger partial charge in [-0.3, -0.25) is 0 Å². The summed E-state index contributed by atoms with van der Waals surface area (Å²) in [5.74, 6) is 1.60. The molecule has 2 unspecified atom stereocenters. The van der Waals surface area contributed by atoms with Crippen LogP contribution in [0.25, 0.3) is 0 Å². The number of halogens is 1. The molecule has 0 saturated heterocycles. The zero-order valence-corrected chi connectivity index (χ0v) is 13.5. The molecular formula is C16H22ClN3O. The molecule has 0 fully saturated rings. The summed E-state index contributed by atoms with van der Waals surface area (Å²) >= 11 is 5.99. The first-order valence-corrected chi connectivity index (χ1v) is 7.82. The summed E-state index contributed by atoms with van der Waals surface area (Å²) in [6.45, 7) is 7.32. The summed E-state index contributed by atoms with van der Waals surface area (Å²) in [6, 6.07) is 8.08. The lowest BCUT2D eigenvalue weighted by Crippen LogP contribution is -2.33. The molecule has 1 aromatic heterocycles. The van der Waals surface area contributed by atoms with Crippen molar-refractivity contribution >= 4 is 11.6 Å². The minimum absolute atomic E-state index is 0.204. The van der Waals surface area contributed by atoms with Crippen LogP contribution in [-0.2, 0) is 6.42 Å². The third-order valence-corrected chi connectivity index (χ3v) is 3.87. The van der Waals surface area contributed by atoms with Crippen molar-refractivity contribution in [3.05, 3.63) is 46.6 Å². The number of rotatable bonds is 7. The van der Waals surface area contributed by atoms with Gasteiger partial charge in [-0.05, 0) is 30.7 Å². The van der Waals surface area contributed by atoms with Crippen LogP contribution < -0.4 is 5.32 Å². The topological polar surface area (TPSA) is 51.0 Å². The summed E-state index contributed by atoms with van der Waals surface area (Å²) in [5.41, 5.74) is 1.08. The smallest absolute Gasteiger partial charge is 0.231 e. The number of aromatic nitrogens is 2. The quantitative estimate of drug-likeness (QED) is 0.845. The minimum Gasteiger partial charge on any atom is -0.339 e. The molecule has 0 spiro atoms. The number of likely N-dealkylation sites (N-methyl/N-ethyl adjacent to an activating group) is 1. The number of nitrogens with zero attached hydrogens (tertiary/aromatic N) is 2. The Bertz CT molecular complexity index is 570. The SMILES string of the molecule is CCNC(CC)C(C)c1nc(Cc2cccc(Cl)c2)no1. The lowest BCUT2D eigenvalue weighted by Gasteiger charge is -2.20. The maximum atomic E-state index is 5.99. The van der Waals surface area contributed by atoms with E-state index in [4.69, 9.17) is 16.1 Å². The molecule has 1 aromatic carbocycles. The van der Waals surface area contributed by atoms with Gasteiger partial charge in [0, 0.05) is 17.5 Å². The molecule has 4 nitrogen and oxygen atoms in total.